The second-order valence-corrected chi connectivity index (χ2v) is 2.99. The zero-order valence-electron chi connectivity index (χ0n) is 8.52. The van der Waals surface area contributed by atoms with Crippen molar-refractivity contribution in [3.05, 3.63) is 33.9 Å². The van der Waals surface area contributed by atoms with E-state index in [4.69, 9.17) is 5.11 Å². The van der Waals surface area contributed by atoms with Gasteiger partial charge in [-0.3, -0.25) is 10.1 Å². The van der Waals surface area contributed by atoms with Crippen LogP contribution in [0.3, 0.4) is 0 Å². The summed E-state index contributed by atoms with van der Waals surface area (Å²) in [6.45, 7) is 0. The standard InChI is InChI=1S/C9H7F2NO5/c1-17-6-4-2-3-5(7(6)12(15)16)9(10,11)8(13)14/h2-4H,1H3,(H,13,14). The number of carboxylic acid groups (broad SMARTS) is 1. The number of halogens is 2. The van der Waals surface area contributed by atoms with E-state index in [1.807, 2.05) is 0 Å². The van der Waals surface area contributed by atoms with Crippen molar-refractivity contribution in [2.75, 3.05) is 7.11 Å². The van der Waals surface area contributed by atoms with Crippen LogP contribution in [-0.4, -0.2) is 23.1 Å². The average Bonchev–Trinajstić information content (AvgIpc) is 2.27. The third-order valence-corrected chi connectivity index (χ3v) is 2.01. The molecule has 1 rings (SSSR count). The summed E-state index contributed by atoms with van der Waals surface area (Å²) in [5.74, 6) is -7.24. The van der Waals surface area contributed by atoms with Gasteiger partial charge in [-0.05, 0) is 12.1 Å². The first-order chi connectivity index (χ1) is 7.82. The lowest BCUT2D eigenvalue weighted by Gasteiger charge is -2.12. The lowest BCUT2D eigenvalue weighted by atomic mass is 10.1. The van der Waals surface area contributed by atoms with Crippen molar-refractivity contribution < 1.29 is 28.3 Å². The van der Waals surface area contributed by atoms with Crippen molar-refractivity contribution in [3.63, 3.8) is 0 Å². The van der Waals surface area contributed by atoms with Gasteiger partial charge in [0.1, 0.15) is 5.56 Å². The fraction of sp³-hybridized carbons (Fsp3) is 0.222. The van der Waals surface area contributed by atoms with Crippen LogP contribution in [0.4, 0.5) is 14.5 Å². The molecule has 1 N–H and O–H groups in total. The highest BCUT2D eigenvalue weighted by molar-refractivity contribution is 5.80. The monoisotopic (exact) mass is 247 g/mol. The lowest BCUT2D eigenvalue weighted by Crippen LogP contribution is -2.26. The smallest absolute Gasteiger partial charge is 0.379 e. The van der Waals surface area contributed by atoms with E-state index < -0.39 is 33.8 Å². The zero-order valence-corrected chi connectivity index (χ0v) is 8.52. The topological polar surface area (TPSA) is 89.7 Å². The van der Waals surface area contributed by atoms with Crippen molar-refractivity contribution in [1.82, 2.24) is 0 Å². The van der Waals surface area contributed by atoms with Gasteiger partial charge >= 0.3 is 17.6 Å². The van der Waals surface area contributed by atoms with Gasteiger partial charge in [-0.1, -0.05) is 6.07 Å². The van der Waals surface area contributed by atoms with Gasteiger partial charge in [0.2, 0.25) is 0 Å². The SMILES string of the molecule is COc1cccc(C(F)(F)C(=O)O)c1[N+](=O)[O-]. The Morgan fingerprint density at radius 3 is 2.53 bits per heavy atom. The zero-order chi connectivity index (χ0) is 13.2. The molecule has 0 spiro atoms. The third kappa shape index (κ3) is 2.14. The highest BCUT2D eigenvalue weighted by Crippen LogP contribution is 2.40. The Morgan fingerprint density at radius 1 is 1.53 bits per heavy atom. The van der Waals surface area contributed by atoms with Gasteiger partial charge in [0.25, 0.3) is 0 Å². The number of rotatable bonds is 4. The number of methoxy groups -OCH3 is 1. The quantitative estimate of drug-likeness (QED) is 0.646. The van der Waals surface area contributed by atoms with E-state index in [1.165, 1.54) is 0 Å². The molecule has 0 aliphatic rings. The van der Waals surface area contributed by atoms with Crippen LogP contribution in [0.1, 0.15) is 5.56 Å². The molecule has 0 saturated carbocycles. The van der Waals surface area contributed by atoms with Gasteiger partial charge < -0.3 is 9.84 Å². The summed E-state index contributed by atoms with van der Waals surface area (Å²) in [4.78, 5) is 19.9. The molecule has 0 saturated heterocycles. The van der Waals surface area contributed by atoms with Crippen molar-refractivity contribution in [3.8, 4) is 5.75 Å². The number of benzene rings is 1. The fourth-order valence-corrected chi connectivity index (χ4v) is 1.24. The van der Waals surface area contributed by atoms with Crippen LogP contribution in [0.25, 0.3) is 0 Å². The maximum absolute atomic E-state index is 13.3. The van der Waals surface area contributed by atoms with E-state index in [-0.39, 0.29) is 0 Å². The molecular weight excluding hydrogens is 240 g/mol. The molecule has 0 aliphatic heterocycles. The number of carboxylic acids is 1. The van der Waals surface area contributed by atoms with E-state index in [0.717, 1.165) is 19.2 Å². The number of alkyl halides is 2. The number of nitro groups is 1. The molecule has 0 radical (unpaired) electrons. The minimum Gasteiger partial charge on any atom is -0.490 e. The first kappa shape index (κ1) is 12.8. The van der Waals surface area contributed by atoms with E-state index in [9.17, 15) is 23.7 Å². The Balaban J connectivity index is 3.54. The largest absolute Gasteiger partial charge is 0.490 e. The number of aliphatic carboxylic acids is 1. The van der Waals surface area contributed by atoms with Crippen LogP contribution in [0.5, 0.6) is 5.75 Å². The number of nitrogens with zero attached hydrogens (tertiary/aromatic N) is 1. The molecule has 6 nitrogen and oxygen atoms in total. The van der Waals surface area contributed by atoms with Gasteiger partial charge in [0.05, 0.1) is 12.0 Å². The lowest BCUT2D eigenvalue weighted by molar-refractivity contribution is -0.387. The Bertz CT molecular complexity index is 474. The summed E-state index contributed by atoms with van der Waals surface area (Å²) >= 11 is 0. The van der Waals surface area contributed by atoms with Gasteiger partial charge in [0, 0.05) is 0 Å². The van der Waals surface area contributed by atoms with Crippen molar-refractivity contribution >= 4 is 11.7 Å². The van der Waals surface area contributed by atoms with E-state index in [1.54, 1.807) is 0 Å². The molecule has 17 heavy (non-hydrogen) atoms. The Hall–Kier alpha value is -2.25. The Morgan fingerprint density at radius 2 is 2.12 bits per heavy atom. The molecule has 0 bridgehead atoms. The third-order valence-electron chi connectivity index (χ3n) is 2.01. The van der Waals surface area contributed by atoms with Crippen molar-refractivity contribution in [1.29, 1.82) is 0 Å². The second-order valence-electron chi connectivity index (χ2n) is 2.99. The maximum atomic E-state index is 13.3. The molecule has 0 atom stereocenters. The first-order valence-corrected chi connectivity index (χ1v) is 4.25. The summed E-state index contributed by atoms with van der Waals surface area (Å²) in [6.07, 6.45) is 0. The van der Waals surface area contributed by atoms with Crippen molar-refractivity contribution in [2.24, 2.45) is 0 Å². The Kier molecular flexibility index (Phi) is 3.26. The summed E-state index contributed by atoms with van der Waals surface area (Å²) in [5.41, 5.74) is -2.27. The predicted molar refractivity (Wildman–Crippen MR) is 51.2 cm³/mol. The van der Waals surface area contributed by atoms with Crippen LogP contribution in [0, 0.1) is 10.1 Å². The van der Waals surface area contributed by atoms with E-state index >= 15 is 0 Å². The van der Waals surface area contributed by atoms with Crippen LogP contribution in [0.15, 0.2) is 18.2 Å². The van der Waals surface area contributed by atoms with E-state index in [0.29, 0.717) is 6.07 Å². The minimum atomic E-state index is -4.35. The fourth-order valence-electron chi connectivity index (χ4n) is 1.24. The summed E-state index contributed by atoms with van der Waals surface area (Å²) in [5, 5.41) is 19.0. The van der Waals surface area contributed by atoms with Gasteiger partial charge in [-0.2, -0.15) is 8.78 Å². The highest BCUT2D eigenvalue weighted by Gasteiger charge is 2.47. The van der Waals surface area contributed by atoms with Crippen LogP contribution >= 0.6 is 0 Å². The molecule has 0 fully saturated rings. The van der Waals surface area contributed by atoms with Crippen LogP contribution in [0.2, 0.25) is 0 Å². The molecule has 0 aliphatic carbocycles. The van der Waals surface area contributed by atoms with Gasteiger partial charge in [-0.15, -0.1) is 0 Å². The molecule has 0 aromatic heterocycles. The predicted octanol–water partition coefficient (Wildman–Crippen LogP) is 1.78. The molecular formula is C9H7F2NO5. The minimum absolute atomic E-state index is 0.423. The number of carbonyl (C=O) groups is 1. The summed E-state index contributed by atoms with van der Waals surface area (Å²) < 4.78 is 31.1. The number of para-hydroxylation sites is 1. The second kappa shape index (κ2) is 4.32. The number of nitro benzene ring substituents is 1. The average molecular weight is 247 g/mol. The molecule has 0 unspecified atom stereocenters. The van der Waals surface area contributed by atoms with Gasteiger partial charge in [0.15, 0.2) is 5.75 Å². The summed E-state index contributed by atoms with van der Waals surface area (Å²) in [6, 6.07) is 2.83. The van der Waals surface area contributed by atoms with Crippen molar-refractivity contribution in [2.45, 2.75) is 5.92 Å². The number of hydrogen-bond acceptors (Lipinski definition) is 4. The first-order valence-electron chi connectivity index (χ1n) is 4.25. The van der Waals surface area contributed by atoms with Crippen LogP contribution < -0.4 is 4.74 Å². The number of hydrogen-bond donors (Lipinski definition) is 1. The molecule has 0 amide bonds. The van der Waals surface area contributed by atoms with Gasteiger partial charge in [-0.25, -0.2) is 4.79 Å². The molecule has 0 heterocycles. The van der Waals surface area contributed by atoms with Crippen LogP contribution in [-0.2, 0) is 10.7 Å². The van der Waals surface area contributed by atoms with E-state index in [2.05, 4.69) is 4.74 Å². The maximum Gasteiger partial charge on any atom is 0.379 e. The number of ether oxygens (including phenoxy) is 1. The Labute approximate surface area is 93.6 Å². The highest BCUT2D eigenvalue weighted by atomic mass is 19.3. The molecule has 8 heteroatoms. The molecule has 1 aromatic rings. The molecule has 1 aromatic carbocycles. The normalized spacial score (nSPS) is 11.0. The summed E-state index contributed by atoms with van der Waals surface area (Å²) in [7, 11) is 1.06. The molecule has 92 valence electrons.